The van der Waals surface area contributed by atoms with E-state index in [4.69, 9.17) is 4.74 Å². The fourth-order valence-corrected chi connectivity index (χ4v) is 4.03. The first-order chi connectivity index (χ1) is 12.6. The van der Waals surface area contributed by atoms with Crippen molar-refractivity contribution in [3.8, 4) is 0 Å². The van der Waals surface area contributed by atoms with Gasteiger partial charge >= 0.3 is 0 Å². The van der Waals surface area contributed by atoms with Crippen molar-refractivity contribution in [3.63, 3.8) is 0 Å². The second kappa shape index (κ2) is 6.82. The highest BCUT2D eigenvalue weighted by Crippen LogP contribution is 2.42. The summed E-state index contributed by atoms with van der Waals surface area (Å²) in [7, 11) is 0. The molecule has 0 bridgehead atoms. The Labute approximate surface area is 153 Å². The van der Waals surface area contributed by atoms with Crippen molar-refractivity contribution in [3.05, 3.63) is 65.5 Å². The lowest BCUT2D eigenvalue weighted by Crippen LogP contribution is -2.41. The van der Waals surface area contributed by atoms with Crippen LogP contribution in [0, 0.1) is 6.92 Å². The van der Waals surface area contributed by atoms with E-state index in [1.807, 2.05) is 37.3 Å². The zero-order valence-electron chi connectivity index (χ0n) is 15.0. The Morgan fingerprint density at radius 3 is 2.85 bits per heavy atom. The van der Waals surface area contributed by atoms with Crippen LogP contribution in [0.25, 0.3) is 0 Å². The smallest absolute Gasteiger partial charge is 0.227 e. The first-order valence-electron chi connectivity index (χ1n) is 9.12. The number of β-amino-alcohol motifs (C(OH)–C–C–N with tert-alkyl or cyclic N) is 1. The van der Waals surface area contributed by atoms with Crippen LogP contribution in [-0.2, 0) is 16.0 Å². The van der Waals surface area contributed by atoms with Crippen LogP contribution in [0.5, 0.6) is 0 Å². The van der Waals surface area contributed by atoms with E-state index >= 15 is 0 Å². The number of carbonyl (C=O) groups is 1. The second-order valence-electron chi connectivity index (χ2n) is 7.46. The van der Waals surface area contributed by atoms with E-state index in [0.717, 1.165) is 17.7 Å². The van der Waals surface area contributed by atoms with Crippen molar-refractivity contribution in [2.45, 2.75) is 37.4 Å². The van der Waals surface area contributed by atoms with Gasteiger partial charge in [-0.3, -0.25) is 9.78 Å². The van der Waals surface area contributed by atoms with Crippen LogP contribution in [-0.4, -0.2) is 52.3 Å². The lowest BCUT2D eigenvalue weighted by atomic mass is 9.87. The van der Waals surface area contributed by atoms with E-state index in [2.05, 4.69) is 17.1 Å². The number of amides is 1. The van der Waals surface area contributed by atoms with Crippen LogP contribution in [0.4, 0.5) is 0 Å². The molecule has 0 aliphatic carbocycles. The first-order valence-corrected chi connectivity index (χ1v) is 9.12. The maximum atomic E-state index is 12.7. The SMILES string of the molecule is Cc1ccc(CC(=O)N2C[C@@H](O)[C@@]3(C[C@@H](c4ccccc4)CO3)C2)cn1. The summed E-state index contributed by atoms with van der Waals surface area (Å²) < 4.78 is 6.07. The number of benzene rings is 1. The Morgan fingerprint density at radius 1 is 1.31 bits per heavy atom. The maximum Gasteiger partial charge on any atom is 0.227 e. The van der Waals surface area contributed by atoms with Crippen LogP contribution in [0.1, 0.15) is 29.2 Å². The summed E-state index contributed by atoms with van der Waals surface area (Å²) in [5.74, 6) is 0.278. The Kier molecular flexibility index (Phi) is 4.51. The van der Waals surface area contributed by atoms with E-state index in [1.165, 1.54) is 5.56 Å². The monoisotopic (exact) mass is 352 g/mol. The highest BCUT2D eigenvalue weighted by Gasteiger charge is 2.53. The third-order valence-electron chi connectivity index (χ3n) is 5.57. The molecule has 26 heavy (non-hydrogen) atoms. The van der Waals surface area contributed by atoms with Gasteiger partial charge in [0.15, 0.2) is 0 Å². The summed E-state index contributed by atoms with van der Waals surface area (Å²) in [6.07, 6.45) is 2.15. The number of hydrogen-bond donors (Lipinski definition) is 1. The molecule has 5 heteroatoms. The molecule has 4 rings (SSSR count). The number of rotatable bonds is 3. The van der Waals surface area contributed by atoms with Crippen molar-refractivity contribution < 1.29 is 14.6 Å². The number of aryl methyl sites for hydroxylation is 1. The number of carbonyl (C=O) groups excluding carboxylic acids is 1. The average Bonchev–Trinajstić information content (AvgIpc) is 3.23. The van der Waals surface area contributed by atoms with Crippen molar-refractivity contribution >= 4 is 5.91 Å². The molecule has 1 aromatic carbocycles. The molecule has 2 aliphatic heterocycles. The van der Waals surface area contributed by atoms with Crippen LogP contribution in [0.15, 0.2) is 48.7 Å². The summed E-state index contributed by atoms with van der Waals surface area (Å²) in [4.78, 5) is 18.6. The van der Waals surface area contributed by atoms with E-state index in [-0.39, 0.29) is 11.8 Å². The molecule has 1 spiro atoms. The largest absolute Gasteiger partial charge is 0.388 e. The topological polar surface area (TPSA) is 62.7 Å². The second-order valence-corrected chi connectivity index (χ2v) is 7.46. The molecule has 2 aliphatic rings. The summed E-state index contributed by atoms with van der Waals surface area (Å²) >= 11 is 0. The van der Waals surface area contributed by atoms with Crippen LogP contribution in [0.2, 0.25) is 0 Å². The standard InChI is InChI=1S/C21H24N2O3/c1-15-7-8-16(11-22-15)9-20(25)23-12-19(24)21(14-23)10-18(13-26-21)17-5-3-2-4-6-17/h2-8,11,18-19,24H,9-10,12-14H2,1H3/t18-,19-,21-/m1/s1. The lowest BCUT2D eigenvalue weighted by molar-refractivity contribution is -0.130. The zero-order valence-corrected chi connectivity index (χ0v) is 15.0. The molecule has 1 amide bonds. The number of pyridine rings is 1. The molecule has 2 fully saturated rings. The third kappa shape index (κ3) is 3.24. The molecule has 1 N–H and O–H groups in total. The van der Waals surface area contributed by atoms with Crippen molar-refractivity contribution in [2.75, 3.05) is 19.7 Å². The van der Waals surface area contributed by atoms with Crippen molar-refractivity contribution in [1.82, 2.24) is 9.88 Å². The number of hydrogen-bond acceptors (Lipinski definition) is 4. The molecule has 1 aromatic heterocycles. The van der Waals surface area contributed by atoms with Crippen LogP contribution in [0.3, 0.4) is 0 Å². The lowest BCUT2D eigenvalue weighted by Gasteiger charge is -2.26. The molecule has 0 saturated carbocycles. The van der Waals surface area contributed by atoms with E-state index in [0.29, 0.717) is 26.1 Å². The third-order valence-corrected chi connectivity index (χ3v) is 5.57. The first kappa shape index (κ1) is 17.2. The van der Waals surface area contributed by atoms with Crippen LogP contribution >= 0.6 is 0 Å². The van der Waals surface area contributed by atoms with Crippen LogP contribution < -0.4 is 0 Å². The number of aliphatic hydroxyl groups is 1. The van der Waals surface area contributed by atoms with E-state index < -0.39 is 11.7 Å². The van der Waals surface area contributed by atoms with Gasteiger partial charge < -0.3 is 14.7 Å². The summed E-state index contributed by atoms with van der Waals surface area (Å²) in [6.45, 7) is 3.30. The molecular weight excluding hydrogens is 328 g/mol. The summed E-state index contributed by atoms with van der Waals surface area (Å²) in [6, 6.07) is 14.1. The minimum absolute atomic E-state index is 0.0124. The van der Waals surface area contributed by atoms with Gasteiger partial charge in [-0.1, -0.05) is 36.4 Å². The van der Waals surface area contributed by atoms with Gasteiger partial charge in [0, 0.05) is 24.4 Å². The van der Waals surface area contributed by atoms with Gasteiger partial charge in [-0.25, -0.2) is 0 Å². The van der Waals surface area contributed by atoms with Crippen molar-refractivity contribution in [2.24, 2.45) is 0 Å². The highest BCUT2D eigenvalue weighted by atomic mass is 16.5. The molecule has 5 nitrogen and oxygen atoms in total. The van der Waals surface area contributed by atoms with Gasteiger partial charge in [0.1, 0.15) is 11.7 Å². The van der Waals surface area contributed by atoms with Gasteiger partial charge in [0.25, 0.3) is 0 Å². The Hall–Kier alpha value is -2.24. The number of aromatic nitrogens is 1. The predicted molar refractivity (Wildman–Crippen MR) is 97.7 cm³/mol. The maximum absolute atomic E-state index is 12.7. The molecule has 3 atom stereocenters. The number of ether oxygens (including phenoxy) is 1. The van der Waals surface area contributed by atoms with Gasteiger partial charge in [-0.2, -0.15) is 0 Å². The van der Waals surface area contributed by atoms with Gasteiger partial charge in [-0.05, 0) is 30.5 Å². The molecule has 0 unspecified atom stereocenters. The zero-order chi connectivity index (χ0) is 18.1. The Balaban J connectivity index is 1.43. The van der Waals surface area contributed by atoms with Gasteiger partial charge in [0.05, 0.1) is 19.6 Å². The fraction of sp³-hybridized carbons (Fsp3) is 0.429. The predicted octanol–water partition coefficient (Wildman–Crippen LogP) is 2.08. The molecule has 136 valence electrons. The Morgan fingerprint density at radius 2 is 2.12 bits per heavy atom. The van der Waals surface area contributed by atoms with Gasteiger partial charge in [-0.15, -0.1) is 0 Å². The Bertz CT molecular complexity index is 778. The van der Waals surface area contributed by atoms with E-state index in [1.54, 1.807) is 11.1 Å². The molecule has 2 saturated heterocycles. The minimum atomic E-state index is -0.642. The molecule has 2 aromatic rings. The van der Waals surface area contributed by atoms with E-state index in [9.17, 15) is 9.90 Å². The quantitative estimate of drug-likeness (QED) is 0.919. The van der Waals surface area contributed by atoms with Crippen molar-refractivity contribution in [1.29, 1.82) is 0 Å². The minimum Gasteiger partial charge on any atom is -0.388 e. The molecule has 3 heterocycles. The number of nitrogens with zero attached hydrogens (tertiary/aromatic N) is 2. The highest BCUT2D eigenvalue weighted by molar-refractivity contribution is 5.79. The molecular formula is C21H24N2O3. The summed E-state index contributed by atoms with van der Waals surface area (Å²) in [5.41, 5.74) is 2.42. The normalized spacial score (nSPS) is 28.0. The molecule has 0 radical (unpaired) electrons. The fourth-order valence-electron chi connectivity index (χ4n) is 4.03. The number of likely N-dealkylation sites (tertiary alicyclic amines) is 1. The average molecular weight is 352 g/mol. The summed E-state index contributed by atoms with van der Waals surface area (Å²) in [5, 5.41) is 10.6. The number of aliphatic hydroxyl groups excluding tert-OH is 1. The van der Waals surface area contributed by atoms with Gasteiger partial charge in [0.2, 0.25) is 5.91 Å².